The second kappa shape index (κ2) is 6.25. The first-order valence-corrected chi connectivity index (χ1v) is 6.53. The number of aromatic nitrogens is 2. The molecule has 0 bridgehead atoms. The van der Waals surface area contributed by atoms with Crippen molar-refractivity contribution in [2.24, 2.45) is 0 Å². The molecule has 0 saturated carbocycles. The van der Waals surface area contributed by atoms with E-state index in [-0.39, 0.29) is 18.4 Å². The van der Waals surface area contributed by atoms with Crippen molar-refractivity contribution >= 4 is 17.7 Å². The monoisotopic (exact) mass is 291 g/mol. The Kier molecular flexibility index (Phi) is 4.42. The zero-order valence-corrected chi connectivity index (χ0v) is 12.1. The van der Waals surface area contributed by atoms with E-state index >= 15 is 0 Å². The van der Waals surface area contributed by atoms with Crippen LogP contribution >= 0.6 is 0 Å². The van der Waals surface area contributed by atoms with E-state index in [4.69, 9.17) is 9.15 Å². The molecule has 0 atom stereocenters. The maximum Gasteiger partial charge on any atom is 0.375 e. The molecule has 0 unspecified atom stereocenters. The summed E-state index contributed by atoms with van der Waals surface area (Å²) < 4.78 is 11.6. The van der Waals surface area contributed by atoms with Gasteiger partial charge in [0.05, 0.1) is 12.5 Å². The van der Waals surface area contributed by atoms with Crippen LogP contribution in [-0.2, 0) is 9.53 Å². The van der Waals surface area contributed by atoms with Gasteiger partial charge in [-0.3, -0.25) is 4.79 Å². The molecule has 0 aliphatic carbocycles. The van der Waals surface area contributed by atoms with Gasteiger partial charge >= 0.3 is 5.97 Å². The minimum atomic E-state index is -0.662. The Bertz CT molecular complexity index is 642. The molecule has 0 saturated heterocycles. The second-order valence-electron chi connectivity index (χ2n) is 4.81. The average molecular weight is 291 g/mol. The normalized spacial score (nSPS) is 10.7. The molecule has 2 rings (SSSR count). The minimum absolute atomic E-state index is 0.107. The van der Waals surface area contributed by atoms with Crippen molar-refractivity contribution in [3.63, 3.8) is 0 Å². The highest BCUT2D eigenvalue weighted by Crippen LogP contribution is 2.13. The van der Waals surface area contributed by atoms with Gasteiger partial charge in [-0.2, -0.15) is 5.10 Å². The lowest BCUT2D eigenvalue weighted by Gasteiger charge is -2.11. The molecule has 21 heavy (non-hydrogen) atoms. The summed E-state index contributed by atoms with van der Waals surface area (Å²) in [4.78, 5) is 23.5. The SMILES string of the molecule is Cc1ccoc1C(=O)OCC(=O)Nc1ccnn1C(C)C. The van der Waals surface area contributed by atoms with E-state index in [0.717, 1.165) is 0 Å². The number of esters is 1. The summed E-state index contributed by atoms with van der Waals surface area (Å²) in [6, 6.07) is 3.44. The van der Waals surface area contributed by atoms with Crippen molar-refractivity contribution in [3.8, 4) is 0 Å². The highest BCUT2D eigenvalue weighted by molar-refractivity contribution is 5.94. The highest BCUT2D eigenvalue weighted by atomic mass is 16.5. The summed E-state index contributed by atoms with van der Waals surface area (Å²) in [6.45, 7) is 5.23. The van der Waals surface area contributed by atoms with E-state index in [0.29, 0.717) is 11.4 Å². The van der Waals surface area contributed by atoms with Crippen LogP contribution in [0.1, 0.15) is 36.0 Å². The van der Waals surface area contributed by atoms with Crippen molar-refractivity contribution in [1.82, 2.24) is 9.78 Å². The lowest BCUT2D eigenvalue weighted by molar-refractivity contribution is -0.119. The Morgan fingerprint density at radius 2 is 2.19 bits per heavy atom. The van der Waals surface area contributed by atoms with Crippen LogP contribution in [0, 0.1) is 6.92 Å². The van der Waals surface area contributed by atoms with Gasteiger partial charge in [0, 0.05) is 17.7 Å². The quantitative estimate of drug-likeness (QED) is 0.853. The molecule has 2 aromatic heterocycles. The van der Waals surface area contributed by atoms with Gasteiger partial charge in [0.15, 0.2) is 6.61 Å². The number of ether oxygens (including phenoxy) is 1. The molecule has 2 heterocycles. The zero-order valence-electron chi connectivity index (χ0n) is 12.1. The Labute approximate surface area is 121 Å². The van der Waals surface area contributed by atoms with Crippen LogP contribution in [0.25, 0.3) is 0 Å². The topological polar surface area (TPSA) is 86.4 Å². The summed E-state index contributed by atoms with van der Waals surface area (Å²) in [7, 11) is 0. The van der Waals surface area contributed by atoms with Crippen LogP contribution in [0.5, 0.6) is 0 Å². The maximum absolute atomic E-state index is 11.8. The smallest absolute Gasteiger partial charge is 0.375 e. The lowest BCUT2D eigenvalue weighted by Crippen LogP contribution is -2.23. The molecule has 112 valence electrons. The number of nitrogens with zero attached hydrogens (tertiary/aromatic N) is 2. The number of furan rings is 1. The first-order chi connectivity index (χ1) is 9.99. The molecule has 7 nitrogen and oxygen atoms in total. The third-order valence-corrected chi connectivity index (χ3v) is 2.81. The van der Waals surface area contributed by atoms with E-state index in [2.05, 4.69) is 10.4 Å². The molecular weight excluding hydrogens is 274 g/mol. The number of nitrogens with one attached hydrogen (secondary N) is 1. The number of aryl methyl sites for hydroxylation is 1. The third kappa shape index (κ3) is 3.50. The van der Waals surface area contributed by atoms with Gasteiger partial charge < -0.3 is 14.5 Å². The van der Waals surface area contributed by atoms with Crippen LogP contribution in [0.2, 0.25) is 0 Å². The highest BCUT2D eigenvalue weighted by Gasteiger charge is 2.16. The Balaban J connectivity index is 1.89. The second-order valence-corrected chi connectivity index (χ2v) is 4.81. The summed E-state index contributed by atoms with van der Waals surface area (Å²) >= 11 is 0. The van der Waals surface area contributed by atoms with Gasteiger partial charge in [-0.25, -0.2) is 9.48 Å². The van der Waals surface area contributed by atoms with Gasteiger partial charge in [-0.1, -0.05) is 0 Å². The first kappa shape index (κ1) is 14.8. The van der Waals surface area contributed by atoms with Crippen molar-refractivity contribution < 1.29 is 18.7 Å². The third-order valence-electron chi connectivity index (χ3n) is 2.81. The largest absolute Gasteiger partial charge is 0.457 e. The number of carbonyl (C=O) groups excluding carboxylic acids is 2. The summed E-state index contributed by atoms with van der Waals surface area (Å²) in [5, 5.41) is 6.74. The average Bonchev–Trinajstić information content (AvgIpc) is 3.04. The number of anilines is 1. The minimum Gasteiger partial charge on any atom is -0.457 e. The Hall–Kier alpha value is -2.57. The van der Waals surface area contributed by atoms with Crippen LogP contribution in [0.3, 0.4) is 0 Å². The fraction of sp³-hybridized carbons (Fsp3) is 0.357. The molecule has 0 spiro atoms. The van der Waals surface area contributed by atoms with E-state index in [1.54, 1.807) is 29.9 Å². The van der Waals surface area contributed by atoms with Gasteiger partial charge in [-0.05, 0) is 26.8 Å². The van der Waals surface area contributed by atoms with Crippen molar-refractivity contribution in [1.29, 1.82) is 0 Å². The van der Waals surface area contributed by atoms with Crippen molar-refractivity contribution in [3.05, 3.63) is 35.9 Å². The standard InChI is InChI=1S/C14H17N3O4/c1-9(2)17-11(4-6-15-17)16-12(18)8-21-14(19)13-10(3)5-7-20-13/h4-7,9H,8H2,1-3H3,(H,16,18). The number of rotatable bonds is 5. The van der Waals surface area contributed by atoms with Crippen LogP contribution in [0.15, 0.2) is 29.0 Å². The maximum atomic E-state index is 11.8. The molecule has 0 aromatic carbocycles. The first-order valence-electron chi connectivity index (χ1n) is 6.53. The molecule has 2 aromatic rings. The predicted octanol–water partition coefficient (Wildman–Crippen LogP) is 2.16. The molecular formula is C14H17N3O4. The fourth-order valence-corrected chi connectivity index (χ4v) is 1.78. The summed E-state index contributed by atoms with van der Waals surface area (Å²) in [5.74, 6) is -0.435. The molecule has 7 heteroatoms. The van der Waals surface area contributed by atoms with Gasteiger partial charge in [0.1, 0.15) is 5.82 Å². The number of amides is 1. The fourth-order valence-electron chi connectivity index (χ4n) is 1.78. The van der Waals surface area contributed by atoms with E-state index < -0.39 is 11.9 Å². The summed E-state index contributed by atoms with van der Waals surface area (Å²) in [6.07, 6.45) is 2.99. The van der Waals surface area contributed by atoms with Crippen LogP contribution < -0.4 is 5.32 Å². The predicted molar refractivity (Wildman–Crippen MR) is 75.0 cm³/mol. The lowest BCUT2D eigenvalue weighted by atomic mass is 10.3. The molecule has 0 fully saturated rings. The number of hydrogen-bond acceptors (Lipinski definition) is 5. The molecule has 1 N–H and O–H groups in total. The van der Waals surface area contributed by atoms with Gasteiger partial charge in [0.2, 0.25) is 5.76 Å². The van der Waals surface area contributed by atoms with Crippen LogP contribution in [0.4, 0.5) is 5.82 Å². The molecule has 0 aliphatic heterocycles. The van der Waals surface area contributed by atoms with Crippen LogP contribution in [-0.4, -0.2) is 28.3 Å². The Morgan fingerprint density at radius 3 is 2.81 bits per heavy atom. The number of carbonyl (C=O) groups is 2. The van der Waals surface area contributed by atoms with E-state index in [1.807, 2.05) is 13.8 Å². The van der Waals surface area contributed by atoms with Gasteiger partial charge in [-0.15, -0.1) is 0 Å². The molecule has 1 amide bonds. The Morgan fingerprint density at radius 1 is 1.43 bits per heavy atom. The van der Waals surface area contributed by atoms with Crippen molar-refractivity contribution in [2.75, 3.05) is 11.9 Å². The molecule has 0 aliphatic rings. The van der Waals surface area contributed by atoms with E-state index in [9.17, 15) is 9.59 Å². The molecule has 0 radical (unpaired) electrons. The van der Waals surface area contributed by atoms with Gasteiger partial charge in [0.25, 0.3) is 5.91 Å². The van der Waals surface area contributed by atoms with Crippen molar-refractivity contribution in [2.45, 2.75) is 26.8 Å². The zero-order chi connectivity index (χ0) is 15.4. The van der Waals surface area contributed by atoms with E-state index in [1.165, 1.54) is 6.26 Å². The summed E-state index contributed by atoms with van der Waals surface area (Å²) in [5.41, 5.74) is 0.665. The number of hydrogen-bond donors (Lipinski definition) is 1.